The van der Waals surface area contributed by atoms with Gasteiger partial charge in [-0.2, -0.15) is 0 Å². The fourth-order valence-corrected chi connectivity index (χ4v) is 43.7. The van der Waals surface area contributed by atoms with Gasteiger partial charge in [-0.05, 0) is 0 Å². The van der Waals surface area contributed by atoms with Crippen molar-refractivity contribution in [3.63, 3.8) is 0 Å². The molecule has 0 fully saturated rings. The van der Waals surface area contributed by atoms with Gasteiger partial charge in [0, 0.05) is 0 Å². The predicted molar refractivity (Wildman–Crippen MR) is 226 cm³/mol. The molecule has 0 N–H and O–H groups in total. The Labute approximate surface area is 305 Å². The van der Waals surface area contributed by atoms with Crippen molar-refractivity contribution in [1.82, 2.24) is 0 Å². The zero-order valence-electron chi connectivity index (χ0n) is 31.2. The van der Waals surface area contributed by atoms with Crippen molar-refractivity contribution in [2.45, 2.75) is 242 Å². The Hall–Kier alpha value is 1.68. The number of hydrogen-bond donors (Lipinski definition) is 0. The van der Waals surface area contributed by atoms with E-state index in [-0.39, 0.29) is 0 Å². The van der Waals surface area contributed by atoms with Crippen LogP contribution in [0.2, 0.25) is 8.87 Å². The summed E-state index contributed by atoms with van der Waals surface area (Å²) in [7, 11) is 4.62. The number of rotatable bonds is 36. The van der Waals surface area contributed by atoms with Gasteiger partial charge in [0.05, 0.1) is 0 Å². The van der Waals surface area contributed by atoms with E-state index in [1.165, 1.54) is 223 Å². The van der Waals surface area contributed by atoms with Crippen LogP contribution in [0.1, 0.15) is 233 Å². The standard InChI is InChI=1S/2C12H24S2.2C8H17.Sn/c2*1-2-3-4-5-6-7-8-9-10-11-12(13)14;2*1-3-5-7-8-6-4-2;/h2*2-11H2,1H3,(H,13,14);2*1,3-8H2,2H3;/q;;;;+2/p-2. The average Bonchev–Trinajstić information content (AvgIpc) is 3.02. The van der Waals surface area contributed by atoms with Crippen LogP contribution in [0.25, 0.3) is 0 Å². The van der Waals surface area contributed by atoms with Gasteiger partial charge in [-0.15, -0.1) is 0 Å². The fourth-order valence-electron chi connectivity index (χ4n) is 6.38. The van der Waals surface area contributed by atoms with Gasteiger partial charge in [-0.25, -0.2) is 0 Å². The maximum absolute atomic E-state index is 6.21. The summed E-state index contributed by atoms with van der Waals surface area (Å²) in [6.07, 6.45) is 44.4. The summed E-state index contributed by atoms with van der Waals surface area (Å²) in [5.41, 5.74) is 0. The molecular weight excluding hydrogens is 727 g/mol. The van der Waals surface area contributed by atoms with Gasteiger partial charge in [-0.1, -0.05) is 13.8 Å². The van der Waals surface area contributed by atoms with Crippen LogP contribution in [0.15, 0.2) is 0 Å². The topological polar surface area (TPSA) is 0 Å². The average molecular weight is 808 g/mol. The van der Waals surface area contributed by atoms with Gasteiger partial charge >= 0.3 is 295 Å². The number of thiocarbonyl (C=S) groups is 2. The first kappa shape index (κ1) is 46.7. The summed E-state index contributed by atoms with van der Waals surface area (Å²) in [6.45, 7) is 9.28. The summed E-state index contributed by atoms with van der Waals surface area (Å²) >= 11 is 9.77. The Morgan fingerprint density at radius 3 is 0.822 bits per heavy atom. The van der Waals surface area contributed by atoms with Gasteiger partial charge in [0.25, 0.3) is 0 Å². The molecule has 0 spiro atoms. The minimum atomic E-state index is -2.65. The summed E-state index contributed by atoms with van der Waals surface area (Å²) in [5.74, 6) is 0. The van der Waals surface area contributed by atoms with E-state index in [9.17, 15) is 0 Å². The molecule has 0 aliphatic rings. The summed E-state index contributed by atoms with van der Waals surface area (Å²) < 4.78 is 5.70. The molecule has 0 saturated carbocycles. The van der Waals surface area contributed by atoms with Crippen molar-refractivity contribution in [1.29, 1.82) is 0 Å². The first-order chi connectivity index (χ1) is 22.0. The van der Waals surface area contributed by atoms with Crippen LogP contribution in [-0.2, 0) is 0 Å². The number of unbranched alkanes of at least 4 members (excludes halogenated alkanes) is 26. The molecule has 0 aromatic carbocycles. The molecule has 0 atom stereocenters. The molecule has 268 valence electrons. The van der Waals surface area contributed by atoms with Gasteiger partial charge in [0.1, 0.15) is 0 Å². The van der Waals surface area contributed by atoms with E-state index in [1.807, 2.05) is 0 Å². The molecule has 0 rings (SSSR count). The smallest absolute Gasteiger partial charge is 0.0654 e. The third-order valence-corrected chi connectivity index (χ3v) is 40.2. The third kappa shape index (κ3) is 32.6. The van der Waals surface area contributed by atoms with Crippen LogP contribution < -0.4 is 0 Å². The van der Waals surface area contributed by atoms with Crippen molar-refractivity contribution in [3.8, 4) is 0 Å². The van der Waals surface area contributed by atoms with E-state index in [4.69, 9.17) is 24.4 Å². The second-order valence-electron chi connectivity index (χ2n) is 14.1. The van der Waals surface area contributed by atoms with Crippen LogP contribution >= 0.6 is 42.3 Å². The molecule has 0 aromatic heterocycles. The molecule has 0 saturated heterocycles. The Balaban J connectivity index is 5.04. The molecule has 0 heterocycles. The van der Waals surface area contributed by atoms with E-state index in [0.717, 1.165) is 0 Å². The zero-order valence-corrected chi connectivity index (χ0v) is 37.3. The molecule has 0 bridgehead atoms. The van der Waals surface area contributed by atoms with E-state index >= 15 is 0 Å². The normalized spacial score (nSPS) is 11.8. The molecule has 0 aliphatic heterocycles. The Morgan fingerprint density at radius 1 is 0.333 bits per heavy atom. The first-order valence-corrected chi connectivity index (χ1v) is 33.9. The third-order valence-electron chi connectivity index (χ3n) is 9.39. The molecule has 0 nitrogen and oxygen atoms in total. The van der Waals surface area contributed by atoms with Gasteiger partial charge in [0.15, 0.2) is 0 Å². The Morgan fingerprint density at radius 2 is 0.556 bits per heavy atom. The van der Waals surface area contributed by atoms with Gasteiger partial charge in [-0.3, -0.25) is 0 Å². The van der Waals surface area contributed by atoms with Crippen LogP contribution in [-0.4, -0.2) is 24.0 Å². The quantitative estimate of drug-likeness (QED) is 0.0351. The molecule has 5 heteroatoms. The molecule has 45 heavy (non-hydrogen) atoms. The maximum atomic E-state index is 6.21. The molecule has 0 amide bonds. The zero-order chi connectivity index (χ0) is 33.1. The van der Waals surface area contributed by atoms with Crippen molar-refractivity contribution in [2.24, 2.45) is 0 Å². The van der Waals surface area contributed by atoms with Crippen LogP contribution in [0, 0.1) is 0 Å². The Bertz CT molecular complexity index is 584. The minimum absolute atomic E-state index is 1.17. The molecular formula is C40H80S4Sn. The van der Waals surface area contributed by atoms with E-state index in [1.54, 1.807) is 0 Å². The van der Waals surface area contributed by atoms with Gasteiger partial charge in [0.2, 0.25) is 0 Å². The second kappa shape index (κ2) is 36.9. The predicted octanol–water partition coefficient (Wildman–Crippen LogP) is 17.1. The van der Waals surface area contributed by atoms with E-state index < -0.39 is 15.6 Å². The monoisotopic (exact) mass is 808 g/mol. The van der Waals surface area contributed by atoms with Crippen molar-refractivity contribution in [3.05, 3.63) is 0 Å². The van der Waals surface area contributed by atoms with E-state index in [0.29, 0.717) is 0 Å². The van der Waals surface area contributed by atoms with Crippen molar-refractivity contribution >= 4 is 66.3 Å². The van der Waals surface area contributed by atoms with Crippen LogP contribution in [0.5, 0.6) is 0 Å². The molecule has 0 aliphatic carbocycles. The van der Waals surface area contributed by atoms with Crippen molar-refractivity contribution < 1.29 is 0 Å². The fraction of sp³-hybridized carbons (Fsp3) is 0.950. The summed E-state index contributed by atoms with van der Waals surface area (Å²) in [4.78, 5) is 0. The first-order valence-electron chi connectivity index (χ1n) is 20.5. The Kier molecular flexibility index (Phi) is 38.3. The SMILES string of the molecule is CCCCCCCCCCCC(=S)[S][Sn]([CH2]CCCCCCC)([CH2]CCCCCCC)[S]C(=S)CCCCCCCCCCC. The van der Waals surface area contributed by atoms with Crippen LogP contribution in [0.4, 0.5) is 0 Å². The second-order valence-corrected chi connectivity index (χ2v) is 40.7. The van der Waals surface area contributed by atoms with Crippen molar-refractivity contribution in [2.75, 3.05) is 0 Å². The van der Waals surface area contributed by atoms with E-state index in [2.05, 4.69) is 45.6 Å². The molecule has 0 aromatic rings. The molecule has 0 unspecified atom stereocenters. The summed E-state index contributed by atoms with van der Waals surface area (Å²) in [6, 6.07) is 0. The minimum Gasteiger partial charge on any atom is -0.0654 e. The number of hydrogen-bond acceptors (Lipinski definition) is 4. The van der Waals surface area contributed by atoms with Gasteiger partial charge < -0.3 is 0 Å². The summed E-state index contributed by atoms with van der Waals surface area (Å²) in [5, 5.41) is 0. The van der Waals surface area contributed by atoms with Crippen LogP contribution in [0.3, 0.4) is 0 Å². The molecule has 0 radical (unpaired) electrons.